The van der Waals surface area contributed by atoms with Crippen molar-refractivity contribution >= 4 is 128 Å². The maximum atomic E-state index is 6.80. The molecule has 3 heteroatoms. The molecule has 15 aromatic rings. The summed E-state index contributed by atoms with van der Waals surface area (Å²) in [5, 5.41) is 17.4. The average Bonchev–Trinajstić information content (AvgIpc) is 4.07. The van der Waals surface area contributed by atoms with Gasteiger partial charge in [0, 0.05) is 51.1 Å². The summed E-state index contributed by atoms with van der Waals surface area (Å²) < 4.78 is 12.1. The number of rotatable bonds is 4. The molecule has 0 fully saturated rings. The summed E-state index contributed by atoms with van der Waals surface area (Å²) in [4.78, 5) is 0. The summed E-state index contributed by atoms with van der Waals surface area (Å²) in [5.41, 5.74) is 11.6. The normalized spacial score (nSPS) is 12.2. The highest BCUT2D eigenvalue weighted by molar-refractivity contribution is 7.26. The SMILES string of the molecule is c1cc(-c2c3ccccc3c(-c3ccc4c(c3)sc3ccccc34)c3ccccc23)c2c(c1)oc1ccc(-c3c4ccccc4c(-c4ccc5c(c4)sc4ccccc45)c4ccccc34)cc12. The molecule has 310 valence electrons. The predicted molar refractivity (Wildman–Crippen MR) is 291 cm³/mol. The second-order valence-electron chi connectivity index (χ2n) is 17.8. The molecule has 0 aliphatic carbocycles. The maximum absolute atomic E-state index is 6.80. The third kappa shape index (κ3) is 5.41. The molecule has 0 N–H and O–H groups in total. The van der Waals surface area contributed by atoms with Crippen LogP contribution in [0.4, 0.5) is 0 Å². The van der Waals surface area contributed by atoms with Crippen LogP contribution >= 0.6 is 22.7 Å². The average molecular weight is 885 g/mol. The predicted octanol–water partition coefficient (Wildman–Crippen LogP) is 19.6. The van der Waals surface area contributed by atoms with E-state index in [1.54, 1.807) is 0 Å². The summed E-state index contributed by atoms with van der Waals surface area (Å²) in [5.74, 6) is 0. The first-order valence-corrected chi connectivity index (χ1v) is 24.5. The van der Waals surface area contributed by atoms with Gasteiger partial charge >= 0.3 is 0 Å². The van der Waals surface area contributed by atoms with Crippen LogP contribution in [0.2, 0.25) is 0 Å². The minimum absolute atomic E-state index is 0.884. The quantitative estimate of drug-likeness (QED) is 0.161. The first kappa shape index (κ1) is 37.2. The molecule has 0 aliphatic rings. The van der Waals surface area contributed by atoms with Gasteiger partial charge in [-0.1, -0.05) is 176 Å². The van der Waals surface area contributed by atoms with Crippen LogP contribution in [0.1, 0.15) is 0 Å². The zero-order valence-corrected chi connectivity index (χ0v) is 37.6. The van der Waals surface area contributed by atoms with E-state index in [1.807, 2.05) is 22.7 Å². The molecule has 0 amide bonds. The van der Waals surface area contributed by atoms with Gasteiger partial charge in [0.1, 0.15) is 11.2 Å². The van der Waals surface area contributed by atoms with E-state index >= 15 is 0 Å². The van der Waals surface area contributed by atoms with Crippen LogP contribution in [0.5, 0.6) is 0 Å². The molecule has 0 bridgehead atoms. The summed E-state index contributed by atoms with van der Waals surface area (Å²) in [6, 6.07) is 81.0. The monoisotopic (exact) mass is 884 g/mol. The molecule has 0 saturated carbocycles. The Morgan fingerprint density at radius 2 is 0.612 bits per heavy atom. The first-order chi connectivity index (χ1) is 33.2. The number of hydrogen-bond donors (Lipinski definition) is 0. The Morgan fingerprint density at radius 3 is 1.07 bits per heavy atom. The second kappa shape index (κ2) is 14.2. The Bertz CT molecular complexity index is 4470. The highest BCUT2D eigenvalue weighted by Gasteiger charge is 2.23. The fourth-order valence-corrected chi connectivity index (χ4v) is 13.7. The van der Waals surface area contributed by atoms with Crippen molar-refractivity contribution in [3.05, 3.63) is 218 Å². The van der Waals surface area contributed by atoms with Gasteiger partial charge in [-0.05, 0) is 130 Å². The van der Waals surface area contributed by atoms with Crippen LogP contribution in [-0.4, -0.2) is 0 Å². The number of benzene rings is 12. The van der Waals surface area contributed by atoms with Crippen LogP contribution in [-0.2, 0) is 0 Å². The molecule has 12 aromatic carbocycles. The summed E-state index contributed by atoms with van der Waals surface area (Å²) >= 11 is 3.75. The topological polar surface area (TPSA) is 13.1 Å². The van der Waals surface area contributed by atoms with Gasteiger partial charge in [0.15, 0.2) is 0 Å². The van der Waals surface area contributed by atoms with Crippen LogP contribution in [0.25, 0.3) is 150 Å². The van der Waals surface area contributed by atoms with Crippen molar-refractivity contribution in [2.45, 2.75) is 0 Å². The van der Waals surface area contributed by atoms with Crippen molar-refractivity contribution in [1.29, 1.82) is 0 Å². The fourth-order valence-electron chi connectivity index (χ4n) is 11.4. The maximum Gasteiger partial charge on any atom is 0.136 e. The van der Waals surface area contributed by atoms with Crippen molar-refractivity contribution in [1.82, 2.24) is 0 Å². The van der Waals surface area contributed by atoms with Crippen molar-refractivity contribution in [2.75, 3.05) is 0 Å². The smallest absolute Gasteiger partial charge is 0.136 e. The van der Waals surface area contributed by atoms with E-state index in [1.165, 1.54) is 128 Å². The molecule has 0 unspecified atom stereocenters. The van der Waals surface area contributed by atoms with Crippen molar-refractivity contribution in [3.63, 3.8) is 0 Å². The summed E-state index contributed by atoms with van der Waals surface area (Å²) in [6.07, 6.45) is 0. The third-order valence-electron chi connectivity index (χ3n) is 14.3. The molecule has 3 aromatic heterocycles. The Morgan fingerprint density at radius 1 is 0.239 bits per heavy atom. The number of furan rings is 1. The molecule has 15 rings (SSSR count). The molecule has 3 heterocycles. The highest BCUT2D eigenvalue weighted by atomic mass is 32.1. The fraction of sp³-hybridized carbons (Fsp3) is 0. The van der Waals surface area contributed by atoms with E-state index in [0.29, 0.717) is 0 Å². The van der Waals surface area contributed by atoms with Gasteiger partial charge in [0.2, 0.25) is 0 Å². The minimum Gasteiger partial charge on any atom is -0.456 e. The molecular formula is C64H36OS2. The number of hydrogen-bond acceptors (Lipinski definition) is 3. The summed E-state index contributed by atoms with van der Waals surface area (Å²) in [7, 11) is 0. The molecule has 1 nitrogen and oxygen atoms in total. The van der Waals surface area contributed by atoms with Crippen LogP contribution in [0.3, 0.4) is 0 Å². The number of thiophene rings is 2. The Balaban J connectivity index is 0.961. The van der Waals surface area contributed by atoms with Gasteiger partial charge in [0.25, 0.3) is 0 Å². The number of fused-ring (bicyclic) bond motifs is 13. The molecule has 0 atom stereocenters. The van der Waals surface area contributed by atoms with E-state index in [0.717, 1.165) is 21.9 Å². The van der Waals surface area contributed by atoms with Gasteiger partial charge < -0.3 is 4.42 Å². The third-order valence-corrected chi connectivity index (χ3v) is 16.5. The van der Waals surface area contributed by atoms with E-state index in [-0.39, 0.29) is 0 Å². The van der Waals surface area contributed by atoms with Gasteiger partial charge in [0.05, 0.1) is 0 Å². The minimum atomic E-state index is 0.884. The molecule has 0 spiro atoms. The highest BCUT2D eigenvalue weighted by Crippen LogP contribution is 2.50. The Labute approximate surface area is 393 Å². The first-order valence-electron chi connectivity index (χ1n) is 22.9. The van der Waals surface area contributed by atoms with Crippen molar-refractivity contribution in [3.8, 4) is 44.5 Å². The Hall–Kier alpha value is -8.08. The van der Waals surface area contributed by atoms with Gasteiger partial charge in [-0.25, -0.2) is 0 Å². The van der Waals surface area contributed by atoms with Gasteiger partial charge in [-0.3, -0.25) is 0 Å². The molecule has 67 heavy (non-hydrogen) atoms. The zero-order chi connectivity index (χ0) is 43.7. The molecule has 0 saturated heterocycles. The Kier molecular flexibility index (Phi) is 7.88. The lowest BCUT2D eigenvalue weighted by atomic mass is 9.84. The van der Waals surface area contributed by atoms with Crippen LogP contribution < -0.4 is 0 Å². The van der Waals surface area contributed by atoms with Crippen molar-refractivity contribution in [2.24, 2.45) is 0 Å². The zero-order valence-electron chi connectivity index (χ0n) is 36.0. The lowest BCUT2D eigenvalue weighted by Gasteiger charge is -2.18. The van der Waals surface area contributed by atoms with Gasteiger partial charge in [-0.2, -0.15) is 0 Å². The van der Waals surface area contributed by atoms with E-state index in [9.17, 15) is 0 Å². The van der Waals surface area contributed by atoms with E-state index in [4.69, 9.17) is 4.42 Å². The van der Waals surface area contributed by atoms with E-state index < -0.39 is 0 Å². The standard InChI is InChI=1S/C64H36OS2/c1-3-18-46-44(16-1)60(45-17-2-4-19-47(45)61(46)38-28-31-42-40-14-9-11-26-56(40)66-58(42)35-38)37-30-33-54-53(34-37)64-52(24-13-25-55(64)65-54)63-50-22-7-5-20-48(50)62(49-21-6-8-23-51(49)63)39-29-32-43-41-15-10-12-27-57(41)67-59(43)36-39/h1-36H. The lowest BCUT2D eigenvalue weighted by molar-refractivity contribution is 0.669. The van der Waals surface area contributed by atoms with Crippen molar-refractivity contribution < 1.29 is 4.42 Å². The second-order valence-corrected chi connectivity index (χ2v) is 20.0. The van der Waals surface area contributed by atoms with Crippen LogP contribution in [0.15, 0.2) is 223 Å². The lowest BCUT2D eigenvalue weighted by Crippen LogP contribution is -1.91. The molecular weight excluding hydrogens is 849 g/mol. The van der Waals surface area contributed by atoms with Crippen LogP contribution in [0, 0.1) is 0 Å². The largest absolute Gasteiger partial charge is 0.456 e. The van der Waals surface area contributed by atoms with Gasteiger partial charge in [-0.15, -0.1) is 22.7 Å². The molecule has 0 radical (unpaired) electrons. The summed E-state index contributed by atoms with van der Waals surface area (Å²) in [6.45, 7) is 0. The molecule has 0 aliphatic heterocycles. The van der Waals surface area contributed by atoms with E-state index in [2.05, 4.69) is 218 Å².